The van der Waals surface area contributed by atoms with Gasteiger partial charge in [-0.25, -0.2) is 0 Å². The van der Waals surface area contributed by atoms with E-state index in [1.54, 1.807) is 0 Å². The summed E-state index contributed by atoms with van der Waals surface area (Å²) in [7, 11) is 0. The fourth-order valence-corrected chi connectivity index (χ4v) is 1.91. The summed E-state index contributed by atoms with van der Waals surface area (Å²) >= 11 is 1.29. The van der Waals surface area contributed by atoms with Gasteiger partial charge in [0.1, 0.15) is 10.8 Å². The molecule has 1 aromatic heterocycles. The minimum absolute atomic E-state index is 0.162. The van der Waals surface area contributed by atoms with Gasteiger partial charge in [0.15, 0.2) is 0 Å². The highest BCUT2D eigenvalue weighted by Gasteiger charge is 2.06. The lowest BCUT2D eigenvalue weighted by atomic mass is 10.2. The topological polar surface area (TPSA) is 61.0 Å². The first-order valence-electron chi connectivity index (χ1n) is 5.01. The summed E-state index contributed by atoms with van der Waals surface area (Å²) in [6.45, 7) is 3.99. The van der Waals surface area contributed by atoms with Crippen molar-refractivity contribution >= 4 is 17.5 Å². The maximum atomic E-state index is 5.61. The highest BCUT2D eigenvalue weighted by atomic mass is 32.1. The molecule has 2 aromatic rings. The number of hydrogen-bond acceptors (Lipinski definition) is 5. The quantitative estimate of drug-likeness (QED) is 0.888. The van der Waals surface area contributed by atoms with Gasteiger partial charge in [-0.1, -0.05) is 12.1 Å². The molecular formula is C11H13N3OS. The SMILES string of the molecule is CC(C)Oc1cccc(-c2nc(N)ns2)c1. The van der Waals surface area contributed by atoms with Crippen LogP contribution in [0.3, 0.4) is 0 Å². The Balaban J connectivity index is 2.28. The Morgan fingerprint density at radius 2 is 2.19 bits per heavy atom. The molecule has 0 saturated heterocycles. The second kappa shape index (κ2) is 4.49. The maximum absolute atomic E-state index is 5.61. The van der Waals surface area contributed by atoms with Crippen molar-refractivity contribution in [2.45, 2.75) is 20.0 Å². The van der Waals surface area contributed by atoms with Gasteiger partial charge in [-0.3, -0.25) is 0 Å². The fraction of sp³-hybridized carbons (Fsp3) is 0.273. The van der Waals surface area contributed by atoms with Crippen molar-refractivity contribution in [2.24, 2.45) is 0 Å². The Hall–Kier alpha value is -1.62. The molecule has 84 valence electrons. The van der Waals surface area contributed by atoms with Gasteiger partial charge in [-0.2, -0.15) is 9.36 Å². The summed E-state index contributed by atoms with van der Waals surface area (Å²) < 4.78 is 9.56. The summed E-state index contributed by atoms with van der Waals surface area (Å²) in [4.78, 5) is 4.13. The molecule has 0 unspecified atom stereocenters. The lowest BCUT2D eigenvalue weighted by Gasteiger charge is -2.09. The fourth-order valence-electron chi connectivity index (χ4n) is 1.33. The molecule has 1 aromatic carbocycles. The molecule has 0 atom stereocenters. The minimum atomic E-state index is 0.162. The van der Waals surface area contributed by atoms with Gasteiger partial charge in [0, 0.05) is 5.56 Å². The van der Waals surface area contributed by atoms with Crippen molar-refractivity contribution in [1.82, 2.24) is 9.36 Å². The Morgan fingerprint density at radius 1 is 1.38 bits per heavy atom. The predicted octanol–water partition coefficient (Wildman–Crippen LogP) is 2.57. The number of rotatable bonds is 3. The van der Waals surface area contributed by atoms with E-state index in [1.165, 1.54) is 11.5 Å². The van der Waals surface area contributed by atoms with E-state index in [9.17, 15) is 0 Å². The first-order valence-corrected chi connectivity index (χ1v) is 5.79. The second-order valence-corrected chi connectivity index (χ2v) is 4.40. The van der Waals surface area contributed by atoms with Crippen LogP contribution in [-0.4, -0.2) is 15.5 Å². The average molecular weight is 235 g/mol. The number of nitrogen functional groups attached to an aromatic ring is 1. The van der Waals surface area contributed by atoms with Gasteiger partial charge in [0.05, 0.1) is 6.10 Å². The lowest BCUT2D eigenvalue weighted by Crippen LogP contribution is -2.05. The molecule has 0 radical (unpaired) electrons. The van der Waals surface area contributed by atoms with Crippen molar-refractivity contribution in [2.75, 3.05) is 5.73 Å². The number of ether oxygens (including phenoxy) is 1. The number of nitrogens with zero attached hydrogens (tertiary/aromatic N) is 2. The number of aromatic nitrogens is 2. The molecule has 0 aliphatic heterocycles. The van der Waals surface area contributed by atoms with Crippen LogP contribution in [0.1, 0.15) is 13.8 Å². The van der Waals surface area contributed by atoms with E-state index in [0.717, 1.165) is 16.3 Å². The summed E-state index contributed by atoms with van der Waals surface area (Å²) in [6, 6.07) is 7.77. The number of benzene rings is 1. The monoisotopic (exact) mass is 235 g/mol. The van der Waals surface area contributed by atoms with Crippen LogP contribution in [0.5, 0.6) is 5.75 Å². The molecule has 1 heterocycles. The zero-order valence-corrected chi connectivity index (χ0v) is 9.99. The Bertz CT molecular complexity index is 482. The Labute approximate surface area is 98.3 Å². The molecule has 0 aliphatic rings. The van der Waals surface area contributed by atoms with Gasteiger partial charge in [-0.15, -0.1) is 0 Å². The van der Waals surface area contributed by atoms with Gasteiger partial charge in [0.25, 0.3) is 0 Å². The second-order valence-electron chi connectivity index (χ2n) is 3.65. The Morgan fingerprint density at radius 3 is 2.81 bits per heavy atom. The summed E-state index contributed by atoms with van der Waals surface area (Å²) in [5.74, 6) is 1.15. The van der Waals surface area contributed by atoms with Gasteiger partial charge < -0.3 is 10.5 Å². The van der Waals surface area contributed by atoms with Crippen molar-refractivity contribution in [3.63, 3.8) is 0 Å². The van der Waals surface area contributed by atoms with Crippen molar-refractivity contribution in [1.29, 1.82) is 0 Å². The third kappa shape index (κ3) is 2.49. The number of nitrogens with two attached hydrogens (primary N) is 1. The van der Waals surface area contributed by atoms with E-state index in [-0.39, 0.29) is 6.10 Å². The predicted molar refractivity (Wildman–Crippen MR) is 65.5 cm³/mol. The van der Waals surface area contributed by atoms with Crippen molar-refractivity contribution in [3.05, 3.63) is 24.3 Å². The van der Waals surface area contributed by atoms with Crippen LogP contribution in [0.25, 0.3) is 10.6 Å². The Kier molecular flexibility index (Phi) is 3.05. The molecule has 0 saturated carbocycles. The van der Waals surface area contributed by atoms with Crippen molar-refractivity contribution in [3.8, 4) is 16.3 Å². The van der Waals surface area contributed by atoms with E-state index in [4.69, 9.17) is 10.5 Å². The lowest BCUT2D eigenvalue weighted by molar-refractivity contribution is 0.242. The molecule has 2 rings (SSSR count). The van der Waals surface area contributed by atoms with Crippen molar-refractivity contribution < 1.29 is 4.74 Å². The molecule has 0 aliphatic carbocycles. The van der Waals surface area contributed by atoms with Crippen LogP contribution in [0, 0.1) is 0 Å². The molecule has 0 bridgehead atoms. The molecule has 0 amide bonds. The molecule has 4 nitrogen and oxygen atoms in total. The summed E-state index contributed by atoms with van der Waals surface area (Å²) in [5, 5.41) is 0.812. The highest BCUT2D eigenvalue weighted by molar-refractivity contribution is 7.09. The molecule has 0 fully saturated rings. The summed E-state index contributed by atoms with van der Waals surface area (Å²) in [5.41, 5.74) is 6.47. The first kappa shape index (κ1) is 10.9. The van der Waals surface area contributed by atoms with E-state index >= 15 is 0 Å². The van der Waals surface area contributed by atoms with Crippen LogP contribution < -0.4 is 10.5 Å². The smallest absolute Gasteiger partial charge is 0.232 e. The van der Waals surface area contributed by atoms with Crippen LogP contribution in [0.4, 0.5) is 5.95 Å². The molecule has 16 heavy (non-hydrogen) atoms. The summed E-state index contributed by atoms with van der Waals surface area (Å²) in [6.07, 6.45) is 0.162. The van der Waals surface area contributed by atoms with E-state index < -0.39 is 0 Å². The van der Waals surface area contributed by atoms with E-state index in [1.807, 2.05) is 38.1 Å². The minimum Gasteiger partial charge on any atom is -0.491 e. The molecule has 0 spiro atoms. The third-order valence-corrected chi connectivity index (χ3v) is 2.67. The molecule has 2 N–H and O–H groups in total. The largest absolute Gasteiger partial charge is 0.491 e. The number of hydrogen-bond donors (Lipinski definition) is 1. The van der Waals surface area contributed by atoms with E-state index in [2.05, 4.69) is 9.36 Å². The average Bonchev–Trinajstić information content (AvgIpc) is 2.64. The maximum Gasteiger partial charge on any atom is 0.232 e. The molecule has 5 heteroatoms. The zero-order valence-electron chi connectivity index (χ0n) is 9.18. The van der Waals surface area contributed by atoms with Crippen LogP contribution in [0.15, 0.2) is 24.3 Å². The van der Waals surface area contributed by atoms with Crippen LogP contribution in [0.2, 0.25) is 0 Å². The van der Waals surface area contributed by atoms with Gasteiger partial charge >= 0.3 is 0 Å². The van der Waals surface area contributed by atoms with Crippen LogP contribution >= 0.6 is 11.5 Å². The normalized spacial score (nSPS) is 10.7. The van der Waals surface area contributed by atoms with Gasteiger partial charge in [-0.05, 0) is 37.5 Å². The van der Waals surface area contributed by atoms with Gasteiger partial charge in [0.2, 0.25) is 5.95 Å². The number of anilines is 1. The zero-order chi connectivity index (χ0) is 11.5. The third-order valence-electron chi connectivity index (χ3n) is 1.89. The van der Waals surface area contributed by atoms with E-state index in [0.29, 0.717) is 5.95 Å². The van der Waals surface area contributed by atoms with Crippen LogP contribution in [-0.2, 0) is 0 Å². The first-order chi connectivity index (χ1) is 7.65. The highest BCUT2D eigenvalue weighted by Crippen LogP contribution is 2.26. The molecular weight excluding hydrogens is 222 g/mol. The standard InChI is InChI=1S/C11H13N3OS/c1-7(2)15-9-5-3-4-8(6-9)10-13-11(12)14-16-10/h3-7H,1-2H3,(H2,12,14).